The van der Waals surface area contributed by atoms with E-state index in [1.165, 1.54) is 38.5 Å². The topological polar surface area (TPSA) is 26.0 Å². The average Bonchev–Trinajstić information content (AvgIpc) is 2.11. The van der Waals surface area contributed by atoms with Gasteiger partial charge >= 0.3 is 0 Å². The molecule has 1 aliphatic carbocycles. The molecule has 0 aliphatic heterocycles. The van der Waals surface area contributed by atoms with Crippen LogP contribution in [0.2, 0.25) is 0 Å². The van der Waals surface area contributed by atoms with Crippen molar-refractivity contribution in [3.05, 3.63) is 0 Å². The van der Waals surface area contributed by atoms with E-state index in [9.17, 15) is 0 Å². The minimum Gasteiger partial charge on any atom is -0.327 e. The van der Waals surface area contributed by atoms with Gasteiger partial charge in [-0.25, -0.2) is 0 Å². The van der Waals surface area contributed by atoms with Crippen LogP contribution in [0.25, 0.3) is 0 Å². The zero-order chi connectivity index (χ0) is 11.5. The molecule has 3 atom stereocenters. The van der Waals surface area contributed by atoms with E-state index in [1.807, 2.05) is 0 Å². The van der Waals surface area contributed by atoms with Gasteiger partial charge in [-0.2, -0.15) is 0 Å². The molecule has 0 aromatic carbocycles. The molecule has 0 saturated heterocycles. The summed E-state index contributed by atoms with van der Waals surface area (Å²) >= 11 is 0. The molecule has 0 aromatic heterocycles. The van der Waals surface area contributed by atoms with E-state index < -0.39 is 0 Å². The summed E-state index contributed by atoms with van der Waals surface area (Å²) in [5, 5.41) is 0. The number of hydrogen-bond acceptors (Lipinski definition) is 1. The van der Waals surface area contributed by atoms with E-state index in [-0.39, 0.29) is 0 Å². The smallest absolute Gasteiger partial charge is 0.00676 e. The molecule has 1 heteroatoms. The fourth-order valence-electron chi connectivity index (χ4n) is 3.14. The van der Waals surface area contributed by atoms with Gasteiger partial charge in [0.1, 0.15) is 0 Å². The summed E-state index contributed by atoms with van der Waals surface area (Å²) in [5.41, 5.74) is 6.78. The van der Waals surface area contributed by atoms with Gasteiger partial charge < -0.3 is 5.73 Å². The fourth-order valence-corrected chi connectivity index (χ4v) is 3.14. The largest absolute Gasteiger partial charge is 0.327 e. The molecule has 90 valence electrons. The summed E-state index contributed by atoms with van der Waals surface area (Å²) in [7, 11) is 0. The summed E-state index contributed by atoms with van der Waals surface area (Å²) in [6.45, 7) is 9.46. The van der Waals surface area contributed by atoms with Gasteiger partial charge in [0.2, 0.25) is 0 Å². The van der Waals surface area contributed by atoms with Gasteiger partial charge in [0, 0.05) is 6.04 Å². The number of nitrogens with two attached hydrogens (primary N) is 1. The van der Waals surface area contributed by atoms with Crippen molar-refractivity contribution in [1.82, 2.24) is 0 Å². The van der Waals surface area contributed by atoms with Gasteiger partial charge in [0.25, 0.3) is 0 Å². The normalized spacial score (nSPS) is 32.6. The van der Waals surface area contributed by atoms with E-state index in [0.29, 0.717) is 11.5 Å². The van der Waals surface area contributed by atoms with Gasteiger partial charge in [-0.3, -0.25) is 0 Å². The van der Waals surface area contributed by atoms with Crippen LogP contribution in [0.3, 0.4) is 0 Å². The molecule has 0 spiro atoms. The molecule has 1 rings (SSSR count). The van der Waals surface area contributed by atoms with Gasteiger partial charge in [-0.1, -0.05) is 40.5 Å². The zero-order valence-corrected chi connectivity index (χ0v) is 11.1. The monoisotopic (exact) mass is 211 g/mol. The third-order valence-electron chi connectivity index (χ3n) is 4.06. The van der Waals surface area contributed by atoms with Crippen molar-refractivity contribution < 1.29 is 0 Å². The lowest BCUT2D eigenvalue weighted by Crippen LogP contribution is -2.39. The lowest BCUT2D eigenvalue weighted by molar-refractivity contribution is 0.137. The lowest BCUT2D eigenvalue weighted by Gasteiger charge is -2.40. The number of rotatable bonds is 4. The highest BCUT2D eigenvalue weighted by atomic mass is 14.7. The first kappa shape index (κ1) is 13.0. The van der Waals surface area contributed by atoms with E-state index >= 15 is 0 Å². The Balaban J connectivity index is 2.44. The molecule has 0 radical (unpaired) electrons. The molecule has 1 saturated carbocycles. The highest BCUT2D eigenvalue weighted by molar-refractivity contribution is 4.87. The standard InChI is InChI=1S/C14H29N/c1-5-6-11(2)9-12-10-14(3,4)8-7-13(12)15/h11-13H,5-10,15H2,1-4H3. The molecule has 1 fully saturated rings. The highest BCUT2D eigenvalue weighted by Gasteiger charge is 2.33. The van der Waals surface area contributed by atoms with Crippen molar-refractivity contribution in [1.29, 1.82) is 0 Å². The third-order valence-corrected chi connectivity index (χ3v) is 4.06. The summed E-state index contributed by atoms with van der Waals surface area (Å²) < 4.78 is 0. The van der Waals surface area contributed by atoms with Gasteiger partial charge in [0.05, 0.1) is 0 Å². The van der Waals surface area contributed by atoms with Crippen molar-refractivity contribution in [2.75, 3.05) is 0 Å². The Morgan fingerprint density at radius 2 is 2.07 bits per heavy atom. The molecule has 1 aliphatic rings. The molecule has 0 aromatic rings. The molecule has 1 nitrogen and oxygen atoms in total. The molecule has 0 heterocycles. The maximum absolute atomic E-state index is 6.24. The predicted molar refractivity (Wildman–Crippen MR) is 67.8 cm³/mol. The van der Waals surface area contributed by atoms with Crippen molar-refractivity contribution in [3.63, 3.8) is 0 Å². The van der Waals surface area contributed by atoms with Crippen LogP contribution < -0.4 is 5.73 Å². The molecule has 2 N–H and O–H groups in total. The van der Waals surface area contributed by atoms with Crippen molar-refractivity contribution in [3.8, 4) is 0 Å². The van der Waals surface area contributed by atoms with Gasteiger partial charge in [0.15, 0.2) is 0 Å². The SMILES string of the molecule is CCCC(C)CC1CC(C)(C)CCC1N. The van der Waals surface area contributed by atoms with Gasteiger partial charge in [-0.15, -0.1) is 0 Å². The van der Waals surface area contributed by atoms with Crippen LogP contribution in [-0.2, 0) is 0 Å². The van der Waals surface area contributed by atoms with Crippen LogP contribution >= 0.6 is 0 Å². The van der Waals surface area contributed by atoms with Crippen LogP contribution in [0.4, 0.5) is 0 Å². The Morgan fingerprint density at radius 3 is 2.67 bits per heavy atom. The summed E-state index contributed by atoms with van der Waals surface area (Å²) in [6.07, 6.45) is 7.90. The molecule has 0 bridgehead atoms. The minimum atomic E-state index is 0.470. The lowest BCUT2D eigenvalue weighted by atomic mass is 9.68. The minimum absolute atomic E-state index is 0.470. The average molecular weight is 211 g/mol. The Kier molecular flexibility index (Phi) is 4.64. The van der Waals surface area contributed by atoms with Crippen LogP contribution in [0, 0.1) is 17.3 Å². The number of hydrogen-bond donors (Lipinski definition) is 1. The second kappa shape index (κ2) is 5.34. The first-order valence-corrected chi connectivity index (χ1v) is 6.70. The molecular weight excluding hydrogens is 182 g/mol. The van der Waals surface area contributed by atoms with Crippen LogP contribution in [0.15, 0.2) is 0 Å². The Hall–Kier alpha value is -0.0400. The molecule has 3 unspecified atom stereocenters. The fraction of sp³-hybridized carbons (Fsp3) is 1.00. The maximum Gasteiger partial charge on any atom is 0.00676 e. The summed E-state index contributed by atoms with van der Waals surface area (Å²) in [5.74, 6) is 1.63. The Bertz CT molecular complexity index is 186. The van der Waals surface area contributed by atoms with Crippen LogP contribution in [-0.4, -0.2) is 6.04 Å². The first-order valence-electron chi connectivity index (χ1n) is 6.70. The quantitative estimate of drug-likeness (QED) is 0.748. The third kappa shape index (κ3) is 4.14. The van der Waals surface area contributed by atoms with E-state index in [4.69, 9.17) is 5.73 Å². The van der Waals surface area contributed by atoms with Crippen molar-refractivity contribution >= 4 is 0 Å². The van der Waals surface area contributed by atoms with Crippen molar-refractivity contribution in [2.45, 2.75) is 72.3 Å². The molecule has 0 amide bonds. The zero-order valence-electron chi connectivity index (χ0n) is 11.1. The van der Waals surface area contributed by atoms with E-state index in [2.05, 4.69) is 27.7 Å². The van der Waals surface area contributed by atoms with Crippen molar-refractivity contribution in [2.24, 2.45) is 23.0 Å². The first-order chi connectivity index (χ1) is 6.94. The summed E-state index contributed by atoms with van der Waals surface area (Å²) in [6, 6.07) is 0.470. The predicted octanol–water partition coefficient (Wildman–Crippen LogP) is 3.97. The second-order valence-electron chi connectivity index (χ2n) is 6.46. The Morgan fingerprint density at radius 1 is 1.40 bits per heavy atom. The summed E-state index contributed by atoms with van der Waals surface area (Å²) in [4.78, 5) is 0. The Labute approximate surface area is 95.8 Å². The van der Waals surface area contributed by atoms with Crippen LogP contribution in [0.5, 0.6) is 0 Å². The van der Waals surface area contributed by atoms with Crippen LogP contribution in [0.1, 0.15) is 66.2 Å². The molecular formula is C14H29N. The van der Waals surface area contributed by atoms with E-state index in [1.54, 1.807) is 0 Å². The van der Waals surface area contributed by atoms with Gasteiger partial charge in [-0.05, 0) is 42.9 Å². The second-order valence-corrected chi connectivity index (χ2v) is 6.46. The van der Waals surface area contributed by atoms with E-state index in [0.717, 1.165) is 11.8 Å². The molecule has 15 heavy (non-hydrogen) atoms. The highest BCUT2D eigenvalue weighted by Crippen LogP contribution is 2.40. The maximum atomic E-state index is 6.24.